The molecule has 3 nitrogen and oxygen atoms in total. The summed E-state index contributed by atoms with van der Waals surface area (Å²) >= 11 is 0. The average molecular weight is 262 g/mol. The molecule has 2 N–H and O–H groups in total. The normalized spacial score (nSPS) is 19.5. The highest BCUT2D eigenvalue weighted by atomic mass is 16.3. The molecular weight excluding hydrogens is 236 g/mol. The quantitative estimate of drug-likeness (QED) is 0.856. The Hall–Kier alpha value is -1.06. The lowest BCUT2D eigenvalue weighted by atomic mass is 9.99. The highest BCUT2D eigenvalue weighted by Crippen LogP contribution is 2.22. The van der Waals surface area contributed by atoms with E-state index in [-0.39, 0.29) is 0 Å². The van der Waals surface area contributed by atoms with E-state index in [9.17, 15) is 5.11 Å². The summed E-state index contributed by atoms with van der Waals surface area (Å²) in [5, 5.41) is 13.1. The minimum absolute atomic E-state index is 0.342. The van der Waals surface area contributed by atoms with E-state index in [1.807, 2.05) is 12.1 Å². The minimum Gasteiger partial charge on any atom is -0.508 e. The van der Waals surface area contributed by atoms with Crippen molar-refractivity contribution in [3.05, 3.63) is 29.8 Å². The van der Waals surface area contributed by atoms with Crippen molar-refractivity contribution in [3.8, 4) is 5.75 Å². The fraction of sp³-hybridized carbons (Fsp3) is 0.625. The van der Waals surface area contributed by atoms with E-state index in [0.717, 1.165) is 6.42 Å². The first-order chi connectivity index (χ1) is 9.22. The molecule has 0 amide bonds. The van der Waals surface area contributed by atoms with Crippen LogP contribution < -0.4 is 5.32 Å². The summed E-state index contributed by atoms with van der Waals surface area (Å²) in [6.45, 7) is 8.03. The number of nitrogens with zero attached hydrogens (tertiary/aromatic N) is 1. The predicted molar refractivity (Wildman–Crippen MR) is 79.4 cm³/mol. The van der Waals surface area contributed by atoms with E-state index in [1.54, 1.807) is 12.1 Å². The number of piperidine rings is 1. The van der Waals surface area contributed by atoms with Crippen LogP contribution >= 0.6 is 0 Å². The Morgan fingerprint density at radius 3 is 2.37 bits per heavy atom. The Bertz CT molecular complexity index is 369. The predicted octanol–water partition coefficient (Wildman–Crippen LogP) is 2.92. The van der Waals surface area contributed by atoms with Gasteiger partial charge in [-0.2, -0.15) is 0 Å². The van der Waals surface area contributed by atoms with Crippen LogP contribution in [0.1, 0.15) is 44.7 Å². The molecule has 1 aliphatic rings. The molecule has 1 heterocycles. The fourth-order valence-electron chi connectivity index (χ4n) is 2.86. The topological polar surface area (TPSA) is 35.5 Å². The molecule has 19 heavy (non-hydrogen) atoms. The summed E-state index contributed by atoms with van der Waals surface area (Å²) in [5.74, 6) is 0.342. The van der Waals surface area contributed by atoms with Crippen molar-refractivity contribution < 1.29 is 5.11 Å². The molecule has 1 saturated heterocycles. The zero-order valence-corrected chi connectivity index (χ0v) is 12.1. The number of phenolic OH excluding ortho intramolecular Hbond substituents is 1. The van der Waals surface area contributed by atoms with Gasteiger partial charge in [0.15, 0.2) is 0 Å². The van der Waals surface area contributed by atoms with Crippen LogP contribution in [0.2, 0.25) is 0 Å². The number of hydrogen-bond donors (Lipinski definition) is 2. The number of hydrogen-bond acceptors (Lipinski definition) is 3. The molecule has 0 bridgehead atoms. The molecule has 1 aliphatic heterocycles. The van der Waals surface area contributed by atoms with Crippen LogP contribution in [-0.2, 0) is 0 Å². The number of phenols is 1. The van der Waals surface area contributed by atoms with Crippen LogP contribution in [0, 0.1) is 0 Å². The second-order valence-corrected chi connectivity index (χ2v) is 5.43. The third-order valence-corrected chi connectivity index (χ3v) is 4.18. The van der Waals surface area contributed by atoms with Gasteiger partial charge in [0.1, 0.15) is 5.75 Å². The Morgan fingerprint density at radius 2 is 1.84 bits per heavy atom. The second kappa shape index (κ2) is 6.92. The molecule has 1 unspecified atom stereocenters. The van der Waals surface area contributed by atoms with Crippen molar-refractivity contribution in [3.63, 3.8) is 0 Å². The lowest BCUT2D eigenvalue weighted by Crippen LogP contribution is -2.43. The molecule has 1 fully saturated rings. The largest absolute Gasteiger partial charge is 0.508 e. The van der Waals surface area contributed by atoms with Gasteiger partial charge in [-0.05, 0) is 56.6 Å². The van der Waals surface area contributed by atoms with Crippen molar-refractivity contribution in [1.82, 2.24) is 10.2 Å². The van der Waals surface area contributed by atoms with Crippen molar-refractivity contribution in [2.45, 2.75) is 45.2 Å². The van der Waals surface area contributed by atoms with Crippen molar-refractivity contribution >= 4 is 0 Å². The first kappa shape index (κ1) is 14.4. The summed E-state index contributed by atoms with van der Waals surface area (Å²) in [6.07, 6.45) is 3.56. The first-order valence-corrected chi connectivity index (χ1v) is 7.50. The Kier molecular flexibility index (Phi) is 5.23. The second-order valence-electron chi connectivity index (χ2n) is 5.43. The maximum Gasteiger partial charge on any atom is 0.115 e. The molecule has 0 spiro atoms. The van der Waals surface area contributed by atoms with Crippen LogP contribution in [0.4, 0.5) is 0 Å². The Morgan fingerprint density at radius 1 is 1.21 bits per heavy atom. The average Bonchev–Trinajstić information content (AvgIpc) is 2.46. The Balaban J connectivity index is 1.91. The number of rotatable bonds is 5. The van der Waals surface area contributed by atoms with Crippen LogP contribution in [0.15, 0.2) is 24.3 Å². The van der Waals surface area contributed by atoms with E-state index >= 15 is 0 Å². The van der Waals surface area contributed by atoms with Gasteiger partial charge in [0, 0.05) is 12.1 Å². The van der Waals surface area contributed by atoms with Crippen LogP contribution in [0.3, 0.4) is 0 Å². The monoisotopic (exact) mass is 262 g/mol. The van der Waals surface area contributed by atoms with E-state index in [0.29, 0.717) is 17.8 Å². The van der Waals surface area contributed by atoms with E-state index in [1.165, 1.54) is 38.0 Å². The van der Waals surface area contributed by atoms with Gasteiger partial charge in [0.2, 0.25) is 0 Å². The molecular formula is C16H26N2O. The number of nitrogens with one attached hydrogen (secondary N) is 1. The SMILES string of the molecule is CCC(NC1CCN(CC)CC1)c1ccc(O)cc1. The van der Waals surface area contributed by atoms with Crippen LogP contribution in [0.25, 0.3) is 0 Å². The maximum atomic E-state index is 9.36. The summed E-state index contributed by atoms with van der Waals surface area (Å²) in [4.78, 5) is 2.51. The molecule has 0 aliphatic carbocycles. The van der Waals surface area contributed by atoms with Gasteiger partial charge in [-0.1, -0.05) is 26.0 Å². The van der Waals surface area contributed by atoms with Gasteiger partial charge in [0.25, 0.3) is 0 Å². The summed E-state index contributed by atoms with van der Waals surface area (Å²) in [6, 6.07) is 8.63. The highest BCUT2D eigenvalue weighted by Gasteiger charge is 2.20. The van der Waals surface area contributed by atoms with Gasteiger partial charge in [-0.25, -0.2) is 0 Å². The summed E-state index contributed by atoms with van der Waals surface area (Å²) < 4.78 is 0. The van der Waals surface area contributed by atoms with Gasteiger partial charge in [-0.3, -0.25) is 0 Å². The van der Waals surface area contributed by atoms with Crippen molar-refractivity contribution in [2.24, 2.45) is 0 Å². The lowest BCUT2D eigenvalue weighted by molar-refractivity contribution is 0.198. The lowest BCUT2D eigenvalue weighted by Gasteiger charge is -2.34. The molecule has 0 saturated carbocycles. The maximum absolute atomic E-state index is 9.36. The van der Waals surface area contributed by atoms with Gasteiger partial charge in [-0.15, -0.1) is 0 Å². The molecule has 1 atom stereocenters. The third kappa shape index (κ3) is 3.95. The van der Waals surface area contributed by atoms with E-state index in [4.69, 9.17) is 0 Å². The molecule has 3 heteroatoms. The zero-order chi connectivity index (χ0) is 13.7. The Labute approximate surface area is 116 Å². The smallest absolute Gasteiger partial charge is 0.115 e. The molecule has 1 aromatic carbocycles. The summed E-state index contributed by atoms with van der Waals surface area (Å²) in [5.41, 5.74) is 1.28. The number of aromatic hydroxyl groups is 1. The number of likely N-dealkylation sites (tertiary alicyclic amines) is 1. The standard InChI is InChI=1S/C16H26N2O/c1-3-16(13-5-7-15(19)8-6-13)17-14-9-11-18(4-2)12-10-14/h5-8,14,16-17,19H,3-4,9-12H2,1-2H3. The zero-order valence-electron chi connectivity index (χ0n) is 12.1. The van der Waals surface area contributed by atoms with Crippen LogP contribution in [-0.4, -0.2) is 35.7 Å². The molecule has 0 radical (unpaired) electrons. The molecule has 2 rings (SSSR count). The molecule has 0 aromatic heterocycles. The van der Waals surface area contributed by atoms with Crippen molar-refractivity contribution in [2.75, 3.05) is 19.6 Å². The molecule has 106 valence electrons. The van der Waals surface area contributed by atoms with Gasteiger partial charge >= 0.3 is 0 Å². The summed E-state index contributed by atoms with van der Waals surface area (Å²) in [7, 11) is 0. The minimum atomic E-state index is 0.342. The number of benzene rings is 1. The van der Waals surface area contributed by atoms with Gasteiger partial charge < -0.3 is 15.3 Å². The third-order valence-electron chi connectivity index (χ3n) is 4.18. The fourth-order valence-corrected chi connectivity index (χ4v) is 2.86. The van der Waals surface area contributed by atoms with E-state index in [2.05, 4.69) is 24.1 Å². The van der Waals surface area contributed by atoms with Gasteiger partial charge in [0.05, 0.1) is 0 Å². The van der Waals surface area contributed by atoms with Crippen molar-refractivity contribution in [1.29, 1.82) is 0 Å². The highest BCUT2D eigenvalue weighted by molar-refractivity contribution is 5.28. The molecule has 1 aromatic rings. The van der Waals surface area contributed by atoms with E-state index < -0.39 is 0 Å². The first-order valence-electron chi connectivity index (χ1n) is 7.50. The van der Waals surface area contributed by atoms with Crippen LogP contribution in [0.5, 0.6) is 5.75 Å².